The van der Waals surface area contributed by atoms with Crippen LogP contribution < -0.4 is 4.90 Å². The van der Waals surface area contributed by atoms with Crippen molar-refractivity contribution in [1.82, 2.24) is 4.98 Å². The molecule has 0 spiro atoms. The van der Waals surface area contributed by atoms with Gasteiger partial charge in [0.25, 0.3) is 6.43 Å². The Morgan fingerprint density at radius 1 is 1.53 bits per heavy atom. The maximum atomic E-state index is 12.3. The van der Waals surface area contributed by atoms with Crippen LogP contribution >= 0.6 is 27.5 Å². The predicted molar refractivity (Wildman–Crippen MR) is 60.9 cm³/mol. The third kappa shape index (κ3) is 3.91. The number of nitrogens with zero attached hydrogens (tertiary/aromatic N) is 2. The Kier molecular flexibility index (Phi) is 5.25. The van der Waals surface area contributed by atoms with Gasteiger partial charge in [0.1, 0.15) is 5.82 Å². The van der Waals surface area contributed by atoms with Crippen LogP contribution in [0.15, 0.2) is 22.8 Å². The zero-order valence-electron chi connectivity index (χ0n) is 7.84. The van der Waals surface area contributed by atoms with Crippen LogP contribution in [-0.2, 0) is 0 Å². The Morgan fingerprint density at radius 2 is 2.27 bits per heavy atom. The van der Waals surface area contributed by atoms with E-state index in [1.54, 1.807) is 18.3 Å². The van der Waals surface area contributed by atoms with Crippen LogP contribution in [0.3, 0.4) is 0 Å². The van der Waals surface area contributed by atoms with E-state index in [0.717, 1.165) is 0 Å². The van der Waals surface area contributed by atoms with E-state index < -0.39 is 6.43 Å². The molecule has 0 unspecified atom stereocenters. The van der Waals surface area contributed by atoms with Crippen LogP contribution in [0.1, 0.15) is 0 Å². The molecule has 0 fully saturated rings. The molecule has 6 heteroatoms. The topological polar surface area (TPSA) is 16.1 Å². The predicted octanol–water partition coefficient (Wildman–Crippen LogP) is 3.15. The van der Waals surface area contributed by atoms with Gasteiger partial charge in [0.15, 0.2) is 0 Å². The average molecular weight is 300 g/mol. The lowest BCUT2D eigenvalue weighted by molar-refractivity contribution is 0.155. The fourth-order valence-corrected chi connectivity index (χ4v) is 1.87. The van der Waals surface area contributed by atoms with Gasteiger partial charge in [0.05, 0.1) is 11.0 Å². The summed E-state index contributed by atoms with van der Waals surface area (Å²) in [6.07, 6.45) is -0.839. The van der Waals surface area contributed by atoms with Gasteiger partial charge in [-0.05, 0) is 28.1 Å². The van der Waals surface area contributed by atoms with Crippen molar-refractivity contribution >= 4 is 33.3 Å². The minimum Gasteiger partial charge on any atom is -0.349 e. The lowest BCUT2D eigenvalue weighted by Crippen LogP contribution is -2.31. The maximum absolute atomic E-state index is 12.3. The molecular weight excluding hydrogens is 289 g/mol. The fraction of sp³-hybridized carbons (Fsp3) is 0.444. The lowest BCUT2D eigenvalue weighted by atomic mass is 10.4. The quantitative estimate of drug-likeness (QED) is 0.777. The Bertz CT molecular complexity index is 312. The zero-order chi connectivity index (χ0) is 11.3. The van der Waals surface area contributed by atoms with E-state index in [1.807, 2.05) is 0 Å². The largest absolute Gasteiger partial charge is 0.349 e. The summed E-state index contributed by atoms with van der Waals surface area (Å²) < 4.78 is 25.3. The molecule has 1 aromatic heterocycles. The number of halogens is 4. The van der Waals surface area contributed by atoms with Gasteiger partial charge in [-0.15, -0.1) is 11.6 Å². The molecule has 0 atom stereocenters. The van der Waals surface area contributed by atoms with Crippen molar-refractivity contribution in [1.29, 1.82) is 0 Å². The SMILES string of the molecule is FC(F)CN(CCCl)c1ncccc1Br. The molecule has 1 aromatic rings. The highest BCUT2D eigenvalue weighted by molar-refractivity contribution is 9.10. The molecule has 15 heavy (non-hydrogen) atoms. The number of aromatic nitrogens is 1. The van der Waals surface area contributed by atoms with Gasteiger partial charge in [-0.2, -0.15) is 0 Å². The van der Waals surface area contributed by atoms with E-state index in [2.05, 4.69) is 20.9 Å². The summed E-state index contributed by atoms with van der Waals surface area (Å²) in [7, 11) is 0. The highest BCUT2D eigenvalue weighted by Crippen LogP contribution is 2.23. The summed E-state index contributed by atoms with van der Waals surface area (Å²) in [5.41, 5.74) is 0. The highest BCUT2D eigenvalue weighted by Gasteiger charge is 2.15. The molecule has 0 saturated carbocycles. The molecule has 0 aromatic carbocycles. The highest BCUT2D eigenvalue weighted by atomic mass is 79.9. The molecule has 84 valence electrons. The summed E-state index contributed by atoms with van der Waals surface area (Å²) >= 11 is 8.82. The van der Waals surface area contributed by atoms with Gasteiger partial charge in [0.2, 0.25) is 0 Å². The van der Waals surface area contributed by atoms with Crippen molar-refractivity contribution in [2.24, 2.45) is 0 Å². The molecule has 1 rings (SSSR count). The van der Waals surface area contributed by atoms with Crippen LogP contribution in [-0.4, -0.2) is 30.4 Å². The normalized spacial score (nSPS) is 10.7. The van der Waals surface area contributed by atoms with E-state index in [4.69, 9.17) is 11.6 Å². The third-order valence-electron chi connectivity index (χ3n) is 1.75. The number of rotatable bonds is 5. The summed E-state index contributed by atoms with van der Waals surface area (Å²) in [4.78, 5) is 5.50. The van der Waals surface area contributed by atoms with E-state index in [1.165, 1.54) is 4.90 Å². The molecule has 1 heterocycles. The minimum absolute atomic E-state index is 0.287. The molecule has 2 nitrogen and oxygen atoms in total. The van der Waals surface area contributed by atoms with Gasteiger partial charge in [0, 0.05) is 18.6 Å². The average Bonchev–Trinajstić information content (AvgIpc) is 2.17. The second-order valence-electron chi connectivity index (χ2n) is 2.83. The molecule has 0 N–H and O–H groups in total. The van der Waals surface area contributed by atoms with Crippen LogP contribution in [0.5, 0.6) is 0 Å². The van der Waals surface area contributed by atoms with Crippen molar-refractivity contribution in [2.45, 2.75) is 6.43 Å². The van der Waals surface area contributed by atoms with Crippen molar-refractivity contribution in [3.05, 3.63) is 22.8 Å². The first-order chi connectivity index (χ1) is 7.15. The fourth-order valence-electron chi connectivity index (χ4n) is 1.16. The first-order valence-corrected chi connectivity index (χ1v) is 5.67. The molecule has 0 bridgehead atoms. The molecule has 0 amide bonds. The monoisotopic (exact) mass is 298 g/mol. The van der Waals surface area contributed by atoms with Crippen molar-refractivity contribution in [3.8, 4) is 0 Å². The van der Waals surface area contributed by atoms with Gasteiger partial charge < -0.3 is 4.90 Å². The van der Waals surface area contributed by atoms with Crippen LogP contribution in [0.25, 0.3) is 0 Å². The zero-order valence-corrected chi connectivity index (χ0v) is 10.2. The molecule has 0 saturated heterocycles. The van der Waals surface area contributed by atoms with E-state index in [-0.39, 0.29) is 12.4 Å². The molecule has 0 aliphatic carbocycles. The summed E-state index contributed by atoms with van der Waals surface area (Å²) in [6.45, 7) is -0.0101. The summed E-state index contributed by atoms with van der Waals surface area (Å²) in [5, 5.41) is 0. The number of hydrogen-bond acceptors (Lipinski definition) is 2. The van der Waals surface area contributed by atoms with Crippen LogP contribution in [0.2, 0.25) is 0 Å². The first kappa shape index (κ1) is 12.6. The van der Waals surface area contributed by atoms with Crippen molar-refractivity contribution < 1.29 is 8.78 Å². The van der Waals surface area contributed by atoms with E-state index >= 15 is 0 Å². The Hall–Kier alpha value is -0.420. The molecular formula is C9H10BrClF2N2. The lowest BCUT2D eigenvalue weighted by Gasteiger charge is -2.23. The third-order valence-corrected chi connectivity index (χ3v) is 2.54. The number of anilines is 1. The number of alkyl halides is 3. The van der Waals surface area contributed by atoms with E-state index in [9.17, 15) is 8.78 Å². The van der Waals surface area contributed by atoms with Gasteiger partial charge in [-0.1, -0.05) is 0 Å². The summed E-state index contributed by atoms with van der Waals surface area (Å²) in [5.74, 6) is 0.786. The number of pyridine rings is 1. The summed E-state index contributed by atoms with van der Waals surface area (Å²) in [6, 6.07) is 3.49. The molecule has 0 radical (unpaired) electrons. The molecule has 0 aliphatic heterocycles. The smallest absolute Gasteiger partial charge is 0.255 e. The van der Waals surface area contributed by atoms with Gasteiger partial charge in [-0.3, -0.25) is 0 Å². The Morgan fingerprint density at radius 3 is 2.80 bits per heavy atom. The second kappa shape index (κ2) is 6.23. The van der Waals surface area contributed by atoms with E-state index in [0.29, 0.717) is 16.8 Å². The Balaban J connectivity index is 2.83. The van der Waals surface area contributed by atoms with Crippen LogP contribution in [0, 0.1) is 0 Å². The van der Waals surface area contributed by atoms with Gasteiger partial charge >= 0.3 is 0 Å². The maximum Gasteiger partial charge on any atom is 0.255 e. The van der Waals surface area contributed by atoms with Crippen molar-refractivity contribution in [2.75, 3.05) is 23.9 Å². The molecule has 0 aliphatic rings. The van der Waals surface area contributed by atoms with Crippen LogP contribution in [0.4, 0.5) is 14.6 Å². The first-order valence-electron chi connectivity index (χ1n) is 4.34. The Labute approximate surface area is 100 Å². The standard InChI is InChI=1S/C9H10BrClF2N2/c10-7-2-1-4-14-9(7)15(5-3-11)6-8(12)13/h1-2,4,8H,3,5-6H2. The van der Waals surface area contributed by atoms with Gasteiger partial charge in [-0.25, -0.2) is 13.8 Å². The second-order valence-corrected chi connectivity index (χ2v) is 4.07. The minimum atomic E-state index is -2.40. The number of hydrogen-bond donors (Lipinski definition) is 0. The van der Waals surface area contributed by atoms with Crippen molar-refractivity contribution in [3.63, 3.8) is 0 Å².